The number of halogens is 2. The van der Waals surface area contributed by atoms with Crippen LogP contribution in [0.25, 0.3) is 10.9 Å². The number of aromatic amines is 1. The Morgan fingerprint density at radius 2 is 2.00 bits per heavy atom. The van der Waals surface area contributed by atoms with Gasteiger partial charge < -0.3 is 10.3 Å². The number of aryl methyl sites for hydroxylation is 1. The minimum absolute atomic E-state index is 0.222. The Balaban J connectivity index is 0.000000774. The zero-order chi connectivity index (χ0) is 15.6. The van der Waals surface area contributed by atoms with Crippen LogP contribution < -0.4 is 5.32 Å². The fourth-order valence-electron chi connectivity index (χ4n) is 2.09. The van der Waals surface area contributed by atoms with E-state index in [1.165, 1.54) is 6.07 Å². The number of carbonyl (C=O) groups is 1. The largest absolute Gasteiger partial charge is 0.357 e. The maximum absolute atomic E-state index is 13.4. The lowest BCUT2D eigenvalue weighted by atomic mass is 10.2. The monoisotopic (exact) mass is 294 g/mol. The molecule has 2 aromatic rings. The number of hydrogen-bond acceptors (Lipinski definition) is 1. The second-order valence-electron chi connectivity index (χ2n) is 5.13. The van der Waals surface area contributed by atoms with Gasteiger partial charge in [0.2, 0.25) is 0 Å². The maximum atomic E-state index is 13.4. The van der Waals surface area contributed by atoms with E-state index in [1.807, 2.05) is 13.8 Å². The van der Waals surface area contributed by atoms with Crippen LogP contribution in [-0.2, 0) is 11.3 Å². The molecule has 1 amide bonds. The molecule has 0 spiro atoms. The van der Waals surface area contributed by atoms with Crippen LogP contribution in [0.5, 0.6) is 0 Å². The van der Waals surface area contributed by atoms with E-state index in [4.69, 9.17) is 0 Å². The van der Waals surface area contributed by atoms with Crippen LogP contribution in [0.3, 0.4) is 0 Å². The molecule has 114 valence electrons. The van der Waals surface area contributed by atoms with Crippen LogP contribution in [-0.4, -0.2) is 16.6 Å². The number of aromatic nitrogens is 1. The summed E-state index contributed by atoms with van der Waals surface area (Å²) in [6.45, 7) is 5.91. The third-order valence-corrected chi connectivity index (χ3v) is 3.49. The molecule has 0 saturated heterocycles. The maximum Gasteiger partial charge on any atom is 0.257 e. The summed E-state index contributed by atoms with van der Waals surface area (Å²) >= 11 is 0. The lowest BCUT2D eigenvalue weighted by molar-refractivity contribution is -0.127. The van der Waals surface area contributed by atoms with E-state index < -0.39 is 11.6 Å². The fourth-order valence-corrected chi connectivity index (χ4v) is 2.09. The van der Waals surface area contributed by atoms with Crippen molar-refractivity contribution in [3.63, 3.8) is 0 Å². The number of alkyl halides is 1. The molecule has 0 unspecified atom stereocenters. The Bertz CT molecular complexity index is 621. The lowest BCUT2D eigenvalue weighted by Gasteiger charge is -2.05. The summed E-state index contributed by atoms with van der Waals surface area (Å²) in [4.78, 5) is 14.6. The molecule has 1 heterocycles. The molecular formula is C16H20F2N2O. The van der Waals surface area contributed by atoms with E-state index in [9.17, 15) is 13.6 Å². The Kier molecular flexibility index (Phi) is 4.30. The smallest absolute Gasteiger partial charge is 0.257 e. The van der Waals surface area contributed by atoms with Crippen molar-refractivity contribution in [3.8, 4) is 0 Å². The third kappa shape index (κ3) is 3.23. The number of hydrogen-bond donors (Lipinski definition) is 2. The molecule has 1 aromatic carbocycles. The second kappa shape index (κ2) is 5.84. The average Bonchev–Trinajstić information content (AvgIpc) is 3.11. The van der Waals surface area contributed by atoms with Gasteiger partial charge in [-0.3, -0.25) is 4.79 Å². The molecule has 3 rings (SSSR count). The van der Waals surface area contributed by atoms with Crippen molar-refractivity contribution in [2.45, 2.75) is 45.8 Å². The second-order valence-corrected chi connectivity index (χ2v) is 5.13. The van der Waals surface area contributed by atoms with Crippen LogP contribution in [0.2, 0.25) is 0 Å². The lowest BCUT2D eigenvalue weighted by Crippen LogP contribution is -2.32. The number of nitrogens with one attached hydrogen (secondary N) is 2. The van der Waals surface area contributed by atoms with Gasteiger partial charge in [0.1, 0.15) is 5.82 Å². The van der Waals surface area contributed by atoms with Gasteiger partial charge in [-0.2, -0.15) is 0 Å². The fraction of sp³-hybridized carbons (Fsp3) is 0.438. The summed E-state index contributed by atoms with van der Waals surface area (Å²) < 4.78 is 26.8. The molecule has 0 radical (unpaired) electrons. The molecule has 1 aromatic heterocycles. The first-order valence-corrected chi connectivity index (χ1v) is 7.23. The van der Waals surface area contributed by atoms with Crippen molar-refractivity contribution in [1.29, 1.82) is 0 Å². The minimum Gasteiger partial charge on any atom is -0.357 e. The summed E-state index contributed by atoms with van der Waals surface area (Å²) in [5.41, 5.74) is 0.446. The standard InChI is InChI=1S/C14H14F2N2O.C2H6/c1-8-4-12-9(6-11(8)15)5-10(18-12)7-17-13(19)14(16)2-3-14;1-2/h4-6,18H,2-3,7H2,1H3,(H,17,19);1-2H3. The normalized spacial score (nSPS) is 15.3. The van der Waals surface area contributed by atoms with E-state index in [1.54, 1.807) is 19.1 Å². The van der Waals surface area contributed by atoms with Gasteiger partial charge in [-0.15, -0.1) is 0 Å². The van der Waals surface area contributed by atoms with Crippen molar-refractivity contribution in [1.82, 2.24) is 10.3 Å². The summed E-state index contributed by atoms with van der Waals surface area (Å²) in [6, 6.07) is 4.92. The SMILES string of the molecule is CC.Cc1cc2[nH]c(CNC(=O)C3(F)CC3)cc2cc1F. The predicted octanol–water partition coefficient (Wildman–Crippen LogP) is 3.76. The van der Waals surface area contributed by atoms with E-state index in [-0.39, 0.29) is 12.4 Å². The Morgan fingerprint density at radius 3 is 2.62 bits per heavy atom. The number of rotatable bonds is 3. The molecule has 1 aliphatic carbocycles. The van der Waals surface area contributed by atoms with Crippen molar-refractivity contribution < 1.29 is 13.6 Å². The van der Waals surface area contributed by atoms with Crippen LogP contribution in [0.1, 0.15) is 37.9 Å². The van der Waals surface area contributed by atoms with E-state index in [0.717, 1.165) is 16.6 Å². The highest BCUT2D eigenvalue weighted by molar-refractivity contribution is 5.88. The highest BCUT2D eigenvalue weighted by Crippen LogP contribution is 2.39. The van der Waals surface area contributed by atoms with Gasteiger partial charge in [0.05, 0.1) is 6.54 Å². The summed E-state index contributed by atoms with van der Waals surface area (Å²) in [5.74, 6) is -0.823. The number of fused-ring (bicyclic) bond motifs is 1. The van der Waals surface area contributed by atoms with Crippen molar-refractivity contribution in [2.75, 3.05) is 0 Å². The Labute approximate surface area is 122 Å². The van der Waals surface area contributed by atoms with Crippen LogP contribution in [0, 0.1) is 12.7 Å². The molecule has 21 heavy (non-hydrogen) atoms. The first-order valence-electron chi connectivity index (χ1n) is 7.23. The molecule has 3 nitrogen and oxygen atoms in total. The molecule has 5 heteroatoms. The number of amides is 1. The Hall–Kier alpha value is -1.91. The van der Waals surface area contributed by atoms with Gasteiger partial charge in [0.25, 0.3) is 5.91 Å². The highest BCUT2D eigenvalue weighted by atomic mass is 19.1. The molecular weight excluding hydrogens is 274 g/mol. The quantitative estimate of drug-likeness (QED) is 0.889. The highest BCUT2D eigenvalue weighted by Gasteiger charge is 2.50. The molecule has 2 N–H and O–H groups in total. The molecule has 1 aliphatic rings. The summed E-state index contributed by atoms with van der Waals surface area (Å²) in [6.07, 6.45) is 0.603. The van der Waals surface area contributed by atoms with E-state index in [2.05, 4.69) is 10.3 Å². The van der Waals surface area contributed by atoms with Crippen LogP contribution in [0.15, 0.2) is 18.2 Å². The first kappa shape index (κ1) is 15.5. The summed E-state index contributed by atoms with van der Waals surface area (Å²) in [7, 11) is 0. The van der Waals surface area contributed by atoms with Gasteiger partial charge in [-0.05, 0) is 43.5 Å². The molecule has 1 fully saturated rings. The summed E-state index contributed by atoms with van der Waals surface area (Å²) in [5, 5.41) is 3.30. The van der Waals surface area contributed by atoms with Gasteiger partial charge >= 0.3 is 0 Å². The number of H-pyrrole nitrogens is 1. The molecule has 0 aliphatic heterocycles. The zero-order valence-electron chi connectivity index (χ0n) is 12.5. The predicted molar refractivity (Wildman–Crippen MR) is 79.3 cm³/mol. The molecule has 1 saturated carbocycles. The van der Waals surface area contributed by atoms with Gasteiger partial charge in [-0.1, -0.05) is 13.8 Å². The number of benzene rings is 1. The van der Waals surface area contributed by atoms with Gasteiger partial charge in [0.15, 0.2) is 5.67 Å². The van der Waals surface area contributed by atoms with Gasteiger partial charge in [-0.25, -0.2) is 8.78 Å². The number of carbonyl (C=O) groups excluding carboxylic acids is 1. The van der Waals surface area contributed by atoms with E-state index >= 15 is 0 Å². The third-order valence-electron chi connectivity index (χ3n) is 3.49. The van der Waals surface area contributed by atoms with Gasteiger partial charge in [0, 0.05) is 16.6 Å². The van der Waals surface area contributed by atoms with Crippen LogP contribution in [0.4, 0.5) is 8.78 Å². The van der Waals surface area contributed by atoms with Crippen molar-refractivity contribution >= 4 is 16.8 Å². The topological polar surface area (TPSA) is 44.9 Å². The van der Waals surface area contributed by atoms with E-state index in [0.29, 0.717) is 18.4 Å². The minimum atomic E-state index is -1.66. The first-order chi connectivity index (χ1) is 9.98. The Morgan fingerprint density at radius 1 is 1.33 bits per heavy atom. The molecule has 0 bridgehead atoms. The zero-order valence-corrected chi connectivity index (χ0v) is 12.5. The molecule has 0 atom stereocenters. The van der Waals surface area contributed by atoms with Crippen molar-refractivity contribution in [3.05, 3.63) is 35.3 Å². The van der Waals surface area contributed by atoms with Crippen LogP contribution >= 0.6 is 0 Å². The average molecular weight is 294 g/mol. The van der Waals surface area contributed by atoms with Crippen molar-refractivity contribution in [2.24, 2.45) is 0 Å².